The van der Waals surface area contributed by atoms with Crippen LogP contribution in [-0.2, 0) is 0 Å². The Labute approximate surface area is 118 Å². The molecule has 0 bridgehead atoms. The van der Waals surface area contributed by atoms with E-state index < -0.39 is 22.0 Å². The van der Waals surface area contributed by atoms with E-state index >= 15 is 0 Å². The first kappa shape index (κ1) is 13.0. The highest BCUT2D eigenvalue weighted by Crippen LogP contribution is 2.24. The summed E-state index contributed by atoms with van der Waals surface area (Å²) in [7, 11) is 0. The summed E-state index contributed by atoms with van der Waals surface area (Å²) < 4.78 is 15.4. The molecule has 1 heterocycles. The van der Waals surface area contributed by atoms with E-state index in [0.717, 1.165) is 4.57 Å². The molecule has 0 atom stereocenters. The molecular formula is C15H9FN2O3. The van der Waals surface area contributed by atoms with Crippen molar-refractivity contribution in [2.75, 3.05) is 0 Å². The highest BCUT2D eigenvalue weighted by molar-refractivity contribution is 5.83. The van der Waals surface area contributed by atoms with Gasteiger partial charge in [0.05, 0.1) is 10.4 Å². The van der Waals surface area contributed by atoms with Crippen LogP contribution < -0.4 is 5.56 Å². The zero-order chi connectivity index (χ0) is 15.0. The molecule has 0 aliphatic heterocycles. The Morgan fingerprint density at radius 2 is 1.62 bits per heavy atom. The largest absolute Gasteiger partial charge is 0.370 e. The van der Waals surface area contributed by atoms with Crippen molar-refractivity contribution in [1.29, 1.82) is 0 Å². The van der Waals surface area contributed by atoms with Crippen LogP contribution in [0.25, 0.3) is 16.6 Å². The van der Waals surface area contributed by atoms with Crippen molar-refractivity contribution in [3.63, 3.8) is 0 Å². The van der Waals surface area contributed by atoms with Crippen molar-refractivity contribution in [1.82, 2.24) is 4.57 Å². The highest BCUT2D eigenvalue weighted by Gasteiger charge is 2.26. The van der Waals surface area contributed by atoms with Gasteiger partial charge in [0.1, 0.15) is 0 Å². The lowest BCUT2D eigenvalue weighted by Gasteiger charge is -2.10. The number of rotatable bonds is 2. The van der Waals surface area contributed by atoms with Crippen molar-refractivity contribution in [3.8, 4) is 5.69 Å². The lowest BCUT2D eigenvalue weighted by Crippen LogP contribution is -2.23. The molecular weight excluding hydrogens is 275 g/mol. The number of nitrogens with zero attached hydrogens (tertiary/aromatic N) is 2. The summed E-state index contributed by atoms with van der Waals surface area (Å²) in [5.74, 6) is -1.10. The minimum atomic E-state index is -1.10. The van der Waals surface area contributed by atoms with Crippen LogP contribution in [0.3, 0.4) is 0 Å². The quantitative estimate of drug-likeness (QED) is 0.536. The van der Waals surface area contributed by atoms with Gasteiger partial charge in [-0.25, -0.2) is 0 Å². The summed E-state index contributed by atoms with van der Waals surface area (Å²) in [5, 5.41) is 11.1. The molecule has 5 nitrogen and oxygen atoms in total. The van der Waals surface area contributed by atoms with E-state index in [1.807, 2.05) is 0 Å². The fourth-order valence-corrected chi connectivity index (χ4v) is 2.28. The van der Waals surface area contributed by atoms with Gasteiger partial charge in [0.2, 0.25) is 5.82 Å². The van der Waals surface area contributed by atoms with Crippen LogP contribution >= 0.6 is 0 Å². The Bertz CT molecular complexity index is 904. The zero-order valence-electron chi connectivity index (χ0n) is 10.7. The predicted octanol–water partition coefficient (Wildman–Crippen LogP) is 3.04. The van der Waals surface area contributed by atoms with Gasteiger partial charge in [-0.15, -0.1) is 0 Å². The third kappa shape index (κ3) is 1.97. The fraction of sp³-hybridized carbons (Fsp3) is 0. The first-order valence-corrected chi connectivity index (χ1v) is 6.14. The molecule has 21 heavy (non-hydrogen) atoms. The normalized spacial score (nSPS) is 10.7. The van der Waals surface area contributed by atoms with Gasteiger partial charge in [-0.1, -0.05) is 30.3 Å². The van der Waals surface area contributed by atoms with Gasteiger partial charge < -0.3 is 0 Å². The Morgan fingerprint density at radius 3 is 2.29 bits per heavy atom. The summed E-state index contributed by atoms with van der Waals surface area (Å²) in [6.45, 7) is 0. The van der Waals surface area contributed by atoms with E-state index in [1.54, 1.807) is 48.5 Å². The number of fused-ring (bicyclic) bond motifs is 1. The molecule has 0 saturated carbocycles. The van der Waals surface area contributed by atoms with Crippen molar-refractivity contribution < 1.29 is 9.31 Å². The van der Waals surface area contributed by atoms with Crippen LogP contribution in [0.2, 0.25) is 0 Å². The molecule has 0 amide bonds. The number of benzene rings is 2. The van der Waals surface area contributed by atoms with Crippen molar-refractivity contribution >= 4 is 16.6 Å². The third-order valence-electron chi connectivity index (χ3n) is 3.19. The molecule has 0 aliphatic rings. The molecule has 1 aromatic heterocycles. The fourth-order valence-electron chi connectivity index (χ4n) is 2.28. The number of hydrogen-bond acceptors (Lipinski definition) is 3. The molecule has 0 radical (unpaired) electrons. The number of nitro groups is 1. The maximum absolute atomic E-state index is 14.2. The average molecular weight is 284 g/mol. The molecule has 2 aromatic carbocycles. The number of aromatic nitrogens is 1. The van der Waals surface area contributed by atoms with E-state index in [4.69, 9.17) is 0 Å². The van der Waals surface area contributed by atoms with E-state index in [2.05, 4.69) is 0 Å². The summed E-state index contributed by atoms with van der Waals surface area (Å²) in [5.41, 5.74) is -1.29. The second kappa shape index (κ2) is 4.82. The SMILES string of the molecule is O=c1c([N+](=O)[O-])c(F)c2ccccc2n1-c1ccccc1. The van der Waals surface area contributed by atoms with Gasteiger partial charge in [0.15, 0.2) is 0 Å². The minimum absolute atomic E-state index is 0.0349. The number of halogens is 1. The van der Waals surface area contributed by atoms with Gasteiger partial charge in [-0.05, 0) is 24.3 Å². The Kier molecular flexibility index (Phi) is 2.98. The predicted molar refractivity (Wildman–Crippen MR) is 76.2 cm³/mol. The highest BCUT2D eigenvalue weighted by atomic mass is 19.1. The van der Waals surface area contributed by atoms with E-state index in [-0.39, 0.29) is 10.9 Å². The van der Waals surface area contributed by atoms with Gasteiger partial charge in [-0.2, -0.15) is 4.39 Å². The Balaban J connectivity index is 2.55. The van der Waals surface area contributed by atoms with Gasteiger partial charge >= 0.3 is 11.2 Å². The lowest BCUT2D eigenvalue weighted by atomic mass is 10.1. The average Bonchev–Trinajstić information content (AvgIpc) is 2.48. The molecule has 0 saturated heterocycles. The number of para-hydroxylation sites is 2. The van der Waals surface area contributed by atoms with Gasteiger partial charge in [-0.3, -0.25) is 19.5 Å². The van der Waals surface area contributed by atoms with Crippen LogP contribution in [-0.4, -0.2) is 9.49 Å². The summed E-state index contributed by atoms with van der Waals surface area (Å²) in [4.78, 5) is 22.4. The van der Waals surface area contributed by atoms with Crippen molar-refractivity contribution in [2.24, 2.45) is 0 Å². The molecule has 3 aromatic rings. The van der Waals surface area contributed by atoms with Gasteiger partial charge in [0.25, 0.3) is 0 Å². The second-order valence-corrected chi connectivity index (χ2v) is 4.41. The first-order valence-electron chi connectivity index (χ1n) is 6.14. The van der Waals surface area contributed by atoms with Crippen LogP contribution in [0.1, 0.15) is 0 Å². The molecule has 3 rings (SSSR count). The molecule has 104 valence electrons. The number of hydrogen-bond donors (Lipinski definition) is 0. The third-order valence-corrected chi connectivity index (χ3v) is 3.19. The van der Waals surface area contributed by atoms with E-state index in [0.29, 0.717) is 5.69 Å². The van der Waals surface area contributed by atoms with Crippen LogP contribution in [0.5, 0.6) is 0 Å². The molecule has 0 unspecified atom stereocenters. The number of pyridine rings is 1. The summed E-state index contributed by atoms with van der Waals surface area (Å²) in [6, 6.07) is 14.6. The maximum Gasteiger partial charge on any atom is 0.370 e. The van der Waals surface area contributed by atoms with Crippen molar-refractivity contribution in [2.45, 2.75) is 0 Å². The summed E-state index contributed by atoms with van der Waals surface area (Å²) in [6.07, 6.45) is 0. The molecule has 0 aliphatic carbocycles. The van der Waals surface area contributed by atoms with E-state index in [9.17, 15) is 19.3 Å². The Morgan fingerprint density at radius 1 is 1.00 bits per heavy atom. The monoisotopic (exact) mass is 284 g/mol. The second-order valence-electron chi connectivity index (χ2n) is 4.41. The zero-order valence-corrected chi connectivity index (χ0v) is 10.7. The molecule has 6 heteroatoms. The minimum Gasteiger partial charge on any atom is -0.271 e. The lowest BCUT2D eigenvalue weighted by molar-refractivity contribution is -0.389. The maximum atomic E-state index is 14.2. The van der Waals surface area contributed by atoms with E-state index in [1.165, 1.54) is 6.07 Å². The summed E-state index contributed by atoms with van der Waals surface area (Å²) >= 11 is 0. The van der Waals surface area contributed by atoms with Crippen LogP contribution in [0, 0.1) is 15.9 Å². The first-order chi connectivity index (χ1) is 10.1. The standard InChI is InChI=1S/C15H9FN2O3/c16-13-11-8-4-5-9-12(11)17(10-6-2-1-3-7-10)15(19)14(13)18(20)21/h1-9H. The molecule has 0 fully saturated rings. The smallest absolute Gasteiger partial charge is 0.271 e. The topological polar surface area (TPSA) is 65.1 Å². The molecule has 0 spiro atoms. The van der Waals surface area contributed by atoms with Crippen molar-refractivity contribution in [3.05, 3.63) is 80.9 Å². The van der Waals surface area contributed by atoms with Crippen LogP contribution in [0.4, 0.5) is 10.1 Å². The van der Waals surface area contributed by atoms with Crippen LogP contribution in [0.15, 0.2) is 59.4 Å². The van der Waals surface area contributed by atoms with Gasteiger partial charge in [0, 0.05) is 11.1 Å². The Hall–Kier alpha value is -3.02. The molecule has 0 N–H and O–H groups in total.